The van der Waals surface area contributed by atoms with Crippen LogP contribution in [0, 0.1) is 0 Å². The van der Waals surface area contributed by atoms with Crippen molar-refractivity contribution >= 4 is 11.9 Å². The second kappa shape index (κ2) is 8.53. The fourth-order valence-corrected chi connectivity index (χ4v) is 3.10. The summed E-state index contributed by atoms with van der Waals surface area (Å²) < 4.78 is 11.5. The number of pyridine rings is 1. The van der Waals surface area contributed by atoms with Gasteiger partial charge in [-0.15, -0.1) is 0 Å². The molecule has 1 aromatic carbocycles. The first-order chi connectivity index (χ1) is 13.1. The third kappa shape index (κ3) is 4.36. The van der Waals surface area contributed by atoms with Gasteiger partial charge in [-0.2, -0.15) is 0 Å². The lowest BCUT2D eigenvalue weighted by molar-refractivity contribution is -0.141. The van der Waals surface area contributed by atoms with Crippen molar-refractivity contribution in [2.24, 2.45) is 0 Å². The molecule has 1 amide bonds. The highest BCUT2D eigenvalue weighted by Crippen LogP contribution is 2.31. The van der Waals surface area contributed by atoms with Gasteiger partial charge in [0.05, 0.1) is 6.61 Å². The molecule has 0 bridgehead atoms. The van der Waals surface area contributed by atoms with Crippen LogP contribution < -0.4 is 9.47 Å². The molecule has 1 aliphatic rings. The third-order valence-electron chi connectivity index (χ3n) is 4.43. The van der Waals surface area contributed by atoms with E-state index in [1.165, 1.54) is 4.90 Å². The smallest absolute Gasteiger partial charge is 0.326 e. The summed E-state index contributed by atoms with van der Waals surface area (Å²) in [4.78, 5) is 29.5. The Kier molecular flexibility index (Phi) is 5.90. The number of hydrogen-bond acceptors (Lipinski definition) is 5. The monoisotopic (exact) mass is 370 g/mol. The van der Waals surface area contributed by atoms with Crippen LogP contribution in [0.3, 0.4) is 0 Å². The van der Waals surface area contributed by atoms with Gasteiger partial charge < -0.3 is 19.5 Å². The van der Waals surface area contributed by atoms with Gasteiger partial charge >= 0.3 is 5.97 Å². The number of carbonyl (C=O) groups excluding carboxylic acids is 1. The molecule has 2 aromatic rings. The molecule has 2 heterocycles. The minimum absolute atomic E-state index is 0.304. The van der Waals surface area contributed by atoms with Crippen LogP contribution in [0.4, 0.5) is 0 Å². The topological polar surface area (TPSA) is 89.0 Å². The van der Waals surface area contributed by atoms with E-state index >= 15 is 0 Å². The maximum absolute atomic E-state index is 12.8. The summed E-state index contributed by atoms with van der Waals surface area (Å²) in [5.41, 5.74) is 1.36. The predicted molar refractivity (Wildman–Crippen MR) is 97.9 cm³/mol. The van der Waals surface area contributed by atoms with E-state index in [1.54, 1.807) is 30.6 Å². The molecule has 0 radical (unpaired) electrons. The van der Waals surface area contributed by atoms with Gasteiger partial charge in [-0.25, -0.2) is 4.79 Å². The lowest BCUT2D eigenvalue weighted by Crippen LogP contribution is -2.40. The van der Waals surface area contributed by atoms with Gasteiger partial charge in [-0.1, -0.05) is 0 Å². The van der Waals surface area contributed by atoms with E-state index in [-0.39, 0.29) is 5.91 Å². The van der Waals surface area contributed by atoms with Crippen molar-refractivity contribution in [3.8, 4) is 11.5 Å². The Balaban J connectivity index is 1.78. The number of carbonyl (C=O) groups is 2. The van der Waals surface area contributed by atoms with Crippen molar-refractivity contribution in [3.63, 3.8) is 0 Å². The van der Waals surface area contributed by atoms with E-state index in [2.05, 4.69) is 4.98 Å². The van der Waals surface area contributed by atoms with Crippen molar-refractivity contribution in [1.29, 1.82) is 0 Å². The summed E-state index contributed by atoms with van der Waals surface area (Å²) in [7, 11) is 0. The highest BCUT2D eigenvalue weighted by molar-refractivity contribution is 5.97. The molecule has 0 spiro atoms. The molecule has 142 valence electrons. The molecule has 0 saturated carbocycles. The number of likely N-dealkylation sites (tertiary alicyclic amines) is 1. The van der Waals surface area contributed by atoms with Gasteiger partial charge in [0.15, 0.2) is 11.5 Å². The maximum atomic E-state index is 12.8. The van der Waals surface area contributed by atoms with Crippen LogP contribution in [-0.2, 0) is 11.4 Å². The van der Waals surface area contributed by atoms with Crippen LogP contribution in [0.15, 0.2) is 42.7 Å². The van der Waals surface area contributed by atoms with E-state index in [4.69, 9.17) is 9.47 Å². The Labute approximate surface area is 157 Å². The van der Waals surface area contributed by atoms with Crippen molar-refractivity contribution in [1.82, 2.24) is 9.88 Å². The highest BCUT2D eigenvalue weighted by Gasteiger charge is 2.34. The SMILES string of the molecule is CCOc1cc(C(=O)N2CCC[C@@H]2C(=O)O)ccc1OCc1ccncc1. The van der Waals surface area contributed by atoms with Gasteiger partial charge in [-0.05, 0) is 55.7 Å². The average Bonchev–Trinajstić information content (AvgIpc) is 3.17. The summed E-state index contributed by atoms with van der Waals surface area (Å²) in [6, 6.07) is 7.89. The van der Waals surface area contributed by atoms with E-state index in [9.17, 15) is 14.7 Å². The van der Waals surface area contributed by atoms with Gasteiger partial charge in [0, 0.05) is 24.5 Å². The summed E-state index contributed by atoms with van der Waals surface area (Å²) >= 11 is 0. The summed E-state index contributed by atoms with van der Waals surface area (Å²) in [5, 5.41) is 9.30. The molecule has 1 aliphatic heterocycles. The highest BCUT2D eigenvalue weighted by atomic mass is 16.5. The fourth-order valence-electron chi connectivity index (χ4n) is 3.10. The van der Waals surface area contributed by atoms with Gasteiger partial charge in [0.2, 0.25) is 0 Å². The maximum Gasteiger partial charge on any atom is 0.326 e. The number of nitrogens with zero attached hydrogens (tertiary/aromatic N) is 2. The molecule has 1 atom stereocenters. The van der Waals surface area contributed by atoms with Crippen LogP contribution in [-0.4, -0.2) is 46.1 Å². The molecule has 3 rings (SSSR count). The largest absolute Gasteiger partial charge is 0.490 e. The van der Waals surface area contributed by atoms with Gasteiger partial charge in [0.1, 0.15) is 12.6 Å². The number of hydrogen-bond donors (Lipinski definition) is 1. The quantitative estimate of drug-likeness (QED) is 0.806. The van der Waals surface area contributed by atoms with Gasteiger partial charge in [0.25, 0.3) is 5.91 Å². The molecule has 27 heavy (non-hydrogen) atoms. The number of ether oxygens (including phenoxy) is 2. The average molecular weight is 370 g/mol. The second-order valence-electron chi connectivity index (χ2n) is 6.23. The molecule has 0 unspecified atom stereocenters. The Morgan fingerprint density at radius 1 is 1.19 bits per heavy atom. The molecular weight excluding hydrogens is 348 g/mol. The Bertz CT molecular complexity index is 809. The molecule has 0 aliphatic carbocycles. The summed E-state index contributed by atoms with van der Waals surface area (Å²) in [6.45, 7) is 3.07. The zero-order valence-corrected chi connectivity index (χ0v) is 15.1. The number of aliphatic carboxylic acids is 1. The first kappa shape index (κ1) is 18.7. The first-order valence-electron chi connectivity index (χ1n) is 8.92. The molecule has 1 fully saturated rings. The number of amides is 1. The fraction of sp³-hybridized carbons (Fsp3) is 0.350. The Morgan fingerprint density at radius 2 is 1.96 bits per heavy atom. The van der Waals surface area contributed by atoms with Crippen LogP contribution in [0.25, 0.3) is 0 Å². The minimum Gasteiger partial charge on any atom is -0.490 e. The van der Waals surface area contributed by atoms with Crippen molar-refractivity contribution < 1.29 is 24.2 Å². The van der Waals surface area contributed by atoms with Crippen LogP contribution in [0.1, 0.15) is 35.7 Å². The molecule has 1 aromatic heterocycles. The van der Waals surface area contributed by atoms with E-state index < -0.39 is 12.0 Å². The number of carboxylic acids is 1. The summed E-state index contributed by atoms with van der Waals surface area (Å²) in [5.74, 6) is -0.283. The summed E-state index contributed by atoms with van der Waals surface area (Å²) in [6.07, 6.45) is 4.55. The molecule has 7 nitrogen and oxygen atoms in total. The predicted octanol–water partition coefficient (Wildman–Crippen LogP) is 2.75. The van der Waals surface area contributed by atoms with Crippen LogP contribution in [0.2, 0.25) is 0 Å². The van der Waals surface area contributed by atoms with Crippen molar-refractivity contribution in [2.45, 2.75) is 32.4 Å². The third-order valence-corrected chi connectivity index (χ3v) is 4.43. The van der Waals surface area contributed by atoms with Crippen LogP contribution in [0.5, 0.6) is 11.5 Å². The number of rotatable bonds is 7. The molecular formula is C20H22N2O5. The number of carboxylic acid groups (broad SMARTS) is 1. The van der Waals surface area contributed by atoms with E-state index in [1.807, 2.05) is 19.1 Å². The van der Waals surface area contributed by atoms with E-state index in [0.717, 1.165) is 5.56 Å². The normalized spacial score (nSPS) is 16.2. The Hall–Kier alpha value is -3.09. The van der Waals surface area contributed by atoms with Crippen molar-refractivity contribution in [3.05, 3.63) is 53.9 Å². The zero-order chi connectivity index (χ0) is 19.2. The lowest BCUT2D eigenvalue weighted by Gasteiger charge is -2.22. The molecule has 1 saturated heterocycles. The lowest BCUT2D eigenvalue weighted by atomic mass is 10.1. The number of aromatic nitrogens is 1. The van der Waals surface area contributed by atoms with E-state index in [0.29, 0.717) is 49.7 Å². The number of benzene rings is 1. The molecule has 1 N–H and O–H groups in total. The standard InChI is InChI=1S/C20H22N2O5/c1-2-26-18-12-15(19(23)22-11-3-4-16(22)20(24)25)5-6-17(18)27-13-14-7-9-21-10-8-14/h5-10,12,16H,2-4,11,13H2,1H3,(H,24,25)/t16-/m1/s1. The zero-order valence-electron chi connectivity index (χ0n) is 15.1. The minimum atomic E-state index is -0.969. The van der Waals surface area contributed by atoms with Crippen LogP contribution >= 0.6 is 0 Å². The van der Waals surface area contributed by atoms with Crippen molar-refractivity contribution in [2.75, 3.05) is 13.2 Å². The second-order valence-corrected chi connectivity index (χ2v) is 6.23. The first-order valence-corrected chi connectivity index (χ1v) is 8.92. The molecule has 7 heteroatoms. The Morgan fingerprint density at radius 3 is 2.67 bits per heavy atom. The van der Waals surface area contributed by atoms with Gasteiger partial charge in [-0.3, -0.25) is 9.78 Å².